The van der Waals surface area contributed by atoms with E-state index in [0.29, 0.717) is 18.9 Å². The number of benzene rings is 1. The molecule has 2 rings (SSSR count). The average Bonchev–Trinajstić information content (AvgIpc) is 2.87. The van der Waals surface area contributed by atoms with Crippen molar-refractivity contribution in [1.29, 1.82) is 0 Å². The first-order valence-electron chi connectivity index (χ1n) is 7.74. The van der Waals surface area contributed by atoms with Crippen molar-refractivity contribution < 1.29 is 4.79 Å². The number of carbonyl (C=O) groups is 1. The third kappa shape index (κ3) is 3.40. The Balaban J connectivity index is 1.98. The highest BCUT2D eigenvalue weighted by Gasteiger charge is 2.33. The summed E-state index contributed by atoms with van der Waals surface area (Å²) in [4.78, 5) is 14.3. The maximum Gasteiger partial charge on any atom is 0.222 e. The molecule has 0 spiro atoms. The molecule has 1 fully saturated rings. The van der Waals surface area contributed by atoms with E-state index in [2.05, 4.69) is 26.0 Å². The first-order valence-corrected chi connectivity index (χ1v) is 7.74. The van der Waals surface area contributed by atoms with E-state index in [1.807, 2.05) is 23.1 Å². The molecule has 1 aromatic carbocycles. The molecular weight excluding hydrogens is 248 g/mol. The van der Waals surface area contributed by atoms with Crippen molar-refractivity contribution in [2.75, 3.05) is 13.1 Å². The van der Waals surface area contributed by atoms with Gasteiger partial charge in [0.05, 0.1) is 0 Å². The Morgan fingerprint density at radius 3 is 2.50 bits per heavy atom. The van der Waals surface area contributed by atoms with Gasteiger partial charge in [-0.25, -0.2) is 0 Å². The van der Waals surface area contributed by atoms with Crippen molar-refractivity contribution in [3.8, 4) is 0 Å². The lowest BCUT2D eigenvalue weighted by Gasteiger charge is -2.19. The van der Waals surface area contributed by atoms with Crippen LogP contribution in [0.15, 0.2) is 30.3 Å². The predicted octanol–water partition coefficient (Wildman–Crippen LogP) is 2.77. The van der Waals surface area contributed by atoms with E-state index < -0.39 is 0 Å². The first-order chi connectivity index (χ1) is 9.65. The smallest absolute Gasteiger partial charge is 0.222 e. The van der Waals surface area contributed by atoms with Crippen LogP contribution in [0.25, 0.3) is 0 Å². The van der Waals surface area contributed by atoms with Gasteiger partial charge in [-0.05, 0) is 11.5 Å². The van der Waals surface area contributed by atoms with Crippen LogP contribution in [0, 0.1) is 5.92 Å². The number of nitrogens with two attached hydrogens (primary N) is 1. The normalized spacial score (nSPS) is 22.5. The van der Waals surface area contributed by atoms with Gasteiger partial charge < -0.3 is 10.6 Å². The van der Waals surface area contributed by atoms with Gasteiger partial charge in [0.15, 0.2) is 0 Å². The molecule has 0 aliphatic carbocycles. The predicted molar refractivity (Wildman–Crippen MR) is 82.4 cm³/mol. The highest BCUT2D eigenvalue weighted by atomic mass is 16.2. The molecule has 110 valence electrons. The fourth-order valence-corrected chi connectivity index (χ4v) is 3.04. The van der Waals surface area contributed by atoms with Crippen LogP contribution in [0.2, 0.25) is 0 Å². The van der Waals surface area contributed by atoms with Gasteiger partial charge in [0.25, 0.3) is 0 Å². The number of rotatable bonds is 5. The lowest BCUT2D eigenvalue weighted by molar-refractivity contribution is -0.131. The molecule has 1 saturated heterocycles. The maximum atomic E-state index is 12.4. The Labute approximate surface area is 122 Å². The summed E-state index contributed by atoms with van der Waals surface area (Å²) >= 11 is 0. The molecule has 0 bridgehead atoms. The molecule has 1 aliphatic heterocycles. The van der Waals surface area contributed by atoms with Gasteiger partial charge in [0.2, 0.25) is 5.91 Å². The van der Waals surface area contributed by atoms with E-state index in [1.54, 1.807) is 0 Å². The molecule has 0 aromatic heterocycles. The fraction of sp³-hybridized carbons (Fsp3) is 0.588. The average molecular weight is 274 g/mol. The molecule has 20 heavy (non-hydrogen) atoms. The van der Waals surface area contributed by atoms with E-state index in [1.165, 1.54) is 5.56 Å². The van der Waals surface area contributed by atoms with Crippen LogP contribution in [0.1, 0.15) is 44.6 Å². The summed E-state index contributed by atoms with van der Waals surface area (Å²) < 4.78 is 0. The van der Waals surface area contributed by atoms with Gasteiger partial charge >= 0.3 is 0 Å². The van der Waals surface area contributed by atoms with Crippen molar-refractivity contribution in [2.45, 2.75) is 45.1 Å². The lowest BCUT2D eigenvalue weighted by Crippen LogP contribution is -2.33. The molecular formula is C17H26N2O. The summed E-state index contributed by atoms with van der Waals surface area (Å²) in [6.45, 7) is 5.77. The third-order valence-electron chi connectivity index (χ3n) is 4.56. The van der Waals surface area contributed by atoms with Crippen LogP contribution in [-0.4, -0.2) is 29.9 Å². The molecule has 1 aromatic rings. The second kappa shape index (κ2) is 6.89. The standard InChI is InChI=1S/C17H26N2O/c1-3-13(4-2)10-17(20)19-11-15(16(18)12-19)14-8-6-5-7-9-14/h5-9,13,15-16H,3-4,10-12,18H2,1-2H3/t15-,16+/m0/s1. The summed E-state index contributed by atoms with van der Waals surface area (Å²) in [5.41, 5.74) is 7.49. The van der Waals surface area contributed by atoms with E-state index in [0.717, 1.165) is 19.4 Å². The molecule has 0 unspecified atom stereocenters. The van der Waals surface area contributed by atoms with E-state index in [-0.39, 0.29) is 17.9 Å². The van der Waals surface area contributed by atoms with Crippen molar-refractivity contribution >= 4 is 5.91 Å². The quantitative estimate of drug-likeness (QED) is 0.897. The lowest BCUT2D eigenvalue weighted by atomic mass is 9.95. The van der Waals surface area contributed by atoms with Crippen LogP contribution >= 0.6 is 0 Å². The Kier molecular flexibility index (Phi) is 5.18. The number of hydrogen-bond acceptors (Lipinski definition) is 2. The highest BCUT2D eigenvalue weighted by molar-refractivity contribution is 5.77. The zero-order chi connectivity index (χ0) is 14.5. The van der Waals surface area contributed by atoms with Crippen molar-refractivity contribution in [2.24, 2.45) is 11.7 Å². The van der Waals surface area contributed by atoms with Gasteiger partial charge in [-0.1, -0.05) is 57.0 Å². The third-order valence-corrected chi connectivity index (χ3v) is 4.56. The van der Waals surface area contributed by atoms with Gasteiger partial charge in [-0.2, -0.15) is 0 Å². The van der Waals surface area contributed by atoms with Crippen molar-refractivity contribution in [1.82, 2.24) is 4.90 Å². The fourth-order valence-electron chi connectivity index (χ4n) is 3.04. The molecule has 1 heterocycles. The Hall–Kier alpha value is -1.35. The number of likely N-dealkylation sites (tertiary alicyclic amines) is 1. The Morgan fingerprint density at radius 1 is 1.25 bits per heavy atom. The zero-order valence-corrected chi connectivity index (χ0v) is 12.6. The highest BCUT2D eigenvalue weighted by Crippen LogP contribution is 2.27. The molecule has 3 nitrogen and oxygen atoms in total. The largest absolute Gasteiger partial charge is 0.340 e. The van der Waals surface area contributed by atoms with Crippen LogP contribution in [0.3, 0.4) is 0 Å². The SMILES string of the molecule is CCC(CC)CC(=O)N1C[C@@H](N)[C@H](c2ccccc2)C1. The van der Waals surface area contributed by atoms with Crippen molar-refractivity contribution in [3.05, 3.63) is 35.9 Å². The maximum absolute atomic E-state index is 12.4. The summed E-state index contributed by atoms with van der Waals surface area (Å²) in [6.07, 6.45) is 2.82. The molecule has 3 heteroatoms. The second-order valence-electron chi connectivity index (χ2n) is 5.87. The summed E-state index contributed by atoms with van der Waals surface area (Å²) in [5.74, 6) is 1.06. The first kappa shape index (κ1) is 15.0. The van der Waals surface area contributed by atoms with E-state index >= 15 is 0 Å². The van der Waals surface area contributed by atoms with Crippen LogP contribution in [-0.2, 0) is 4.79 Å². The minimum absolute atomic E-state index is 0.0584. The molecule has 1 aliphatic rings. The minimum Gasteiger partial charge on any atom is -0.340 e. The van der Waals surface area contributed by atoms with Crippen LogP contribution in [0.5, 0.6) is 0 Å². The second-order valence-corrected chi connectivity index (χ2v) is 5.87. The molecule has 1 amide bonds. The molecule has 0 radical (unpaired) electrons. The van der Waals surface area contributed by atoms with Crippen molar-refractivity contribution in [3.63, 3.8) is 0 Å². The zero-order valence-electron chi connectivity index (χ0n) is 12.6. The summed E-state index contributed by atoms with van der Waals surface area (Å²) in [6, 6.07) is 10.4. The monoisotopic (exact) mass is 274 g/mol. The Bertz CT molecular complexity index is 428. The van der Waals surface area contributed by atoms with Gasteiger partial charge in [-0.3, -0.25) is 4.79 Å². The topological polar surface area (TPSA) is 46.3 Å². The molecule has 0 saturated carbocycles. The van der Waals surface area contributed by atoms with E-state index in [9.17, 15) is 4.79 Å². The van der Waals surface area contributed by atoms with Gasteiger partial charge in [0.1, 0.15) is 0 Å². The summed E-state index contributed by atoms with van der Waals surface area (Å²) in [5, 5.41) is 0. The Morgan fingerprint density at radius 2 is 1.90 bits per heavy atom. The van der Waals surface area contributed by atoms with Gasteiger partial charge in [-0.15, -0.1) is 0 Å². The van der Waals surface area contributed by atoms with Gasteiger partial charge in [0, 0.05) is 31.5 Å². The van der Waals surface area contributed by atoms with Crippen LogP contribution < -0.4 is 5.73 Å². The molecule has 2 atom stereocenters. The number of carbonyl (C=O) groups excluding carboxylic acids is 1. The van der Waals surface area contributed by atoms with Crippen LogP contribution in [0.4, 0.5) is 0 Å². The molecule has 2 N–H and O–H groups in total. The minimum atomic E-state index is 0.0584. The van der Waals surface area contributed by atoms with E-state index in [4.69, 9.17) is 5.73 Å². The summed E-state index contributed by atoms with van der Waals surface area (Å²) in [7, 11) is 0. The number of nitrogens with zero attached hydrogens (tertiary/aromatic N) is 1. The number of amides is 1. The number of hydrogen-bond donors (Lipinski definition) is 1.